The predicted octanol–water partition coefficient (Wildman–Crippen LogP) is 1.64. The van der Waals surface area contributed by atoms with Crippen LogP contribution >= 0.6 is 0 Å². The molecule has 0 N–H and O–H groups in total. The molecule has 0 unspecified atom stereocenters. The standard InChI is InChI=1S/C6H11N3O2/c1-3-4-11-6(10)5(2)8-9-7/h5H,3-4H2,1-2H3/t5-/m0/s1. The number of carbonyl (C=O) groups is 1. The van der Waals surface area contributed by atoms with Crippen LogP contribution in [-0.4, -0.2) is 18.6 Å². The van der Waals surface area contributed by atoms with Crippen molar-refractivity contribution in [2.45, 2.75) is 26.3 Å². The highest BCUT2D eigenvalue weighted by atomic mass is 16.5. The van der Waals surface area contributed by atoms with Crippen LogP contribution in [-0.2, 0) is 9.53 Å². The summed E-state index contributed by atoms with van der Waals surface area (Å²) in [5.74, 6) is -0.468. The number of nitrogens with zero attached hydrogens (tertiary/aromatic N) is 3. The van der Waals surface area contributed by atoms with E-state index in [9.17, 15) is 4.79 Å². The van der Waals surface area contributed by atoms with Gasteiger partial charge in [-0.3, -0.25) is 4.79 Å². The summed E-state index contributed by atoms with van der Waals surface area (Å²) in [7, 11) is 0. The molecule has 62 valence electrons. The van der Waals surface area contributed by atoms with Crippen molar-refractivity contribution in [3.8, 4) is 0 Å². The monoisotopic (exact) mass is 157 g/mol. The number of hydrogen-bond acceptors (Lipinski definition) is 3. The van der Waals surface area contributed by atoms with E-state index in [-0.39, 0.29) is 0 Å². The van der Waals surface area contributed by atoms with Crippen LogP contribution in [0.2, 0.25) is 0 Å². The average molecular weight is 157 g/mol. The van der Waals surface area contributed by atoms with E-state index in [1.54, 1.807) is 0 Å². The Balaban J connectivity index is 3.73. The lowest BCUT2D eigenvalue weighted by atomic mass is 10.4. The molecule has 0 fully saturated rings. The van der Waals surface area contributed by atoms with Crippen molar-refractivity contribution in [1.82, 2.24) is 0 Å². The fourth-order valence-electron chi connectivity index (χ4n) is 0.448. The van der Waals surface area contributed by atoms with Crippen molar-refractivity contribution >= 4 is 5.97 Å². The average Bonchev–Trinajstić information content (AvgIpc) is 2.00. The summed E-state index contributed by atoms with van der Waals surface area (Å²) in [4.78, 5) is 13.3. The summed E-state index contributed by atoms with van der Waals surface area (Å²) >= 11 is 0. The maximum absolute atomic E-state index is 10.8. The zero-order chi connectivity index (χ0) is 8.69. The van der Waals surface area contributed by atoms with Crippen LogP contribution in [0.5, 0.6) is 0 Å². The van der Waals surface area contributed by atoms with Gasteiger partial charge in [0.1, 0.15) is 6.04 Å². The Labute approximate surface area is 65.0 Å². The van der Waals surface area contributed by atoms with Gasteiger partial charge in [0.05, 0.1) is 6.61 Å². The molecule has 0 aromatic rings. The van der Waals surface area contributed by atoms with Gasteiger partial charge in [0.2, 0.25) is 0 Å². The number of azide groups is 1. The minimum atomic E-state index is -0.716. The zero-order valence-corrected chi connectivity index (χ0v) is 6.65. The first-order valence-electron chi connectivity index (χ1n) is 3.43. The third kappa shape index (κ3) is 4.22. The Kier molecular flexibility index (Phi) is 4.94. The first-order chi connectivity index (χ1) is 5.22. The van der Waals surface area contributed by atoms with E-state index in [0.717, 1.165) is 6.42 Å². The van der Waals surface area contributed by atoms with Gasteiger partial charge < -0.3 is 4.74 Å². The molecule has 11 heavy (non-hydrogen) atoms. The van der Waals surface area contributed by atoms with Crippen LogP contribution < -0.4 is 0 Å². The molecule has 0 radical (unpaired) electrons. The molecule has 0 spiro atoms. The van der Waals surface area contributed by atoms with Crippen LogP contribution in [0.4, 0.5) is 0 Å². The second-order valence-corrected chi connectivity index (χ2v) is 2.05. The molecule has 0 aliphatic heterocycles. The molecule has 5 nitrogen and oxygen atoms in total. The predicted molar refractivity (Wildman–Crippen MR) is 39.9 cm³/mol. The molecule has 0 rings (SSSR count). The Morgan fingerprint density at radius 3 is 2.91 bits per heavy atom. The minimum Gasteiger partial charge on any atom is -0.465 e. The number of esters is 1. The largest absolute Gasteiger partial charge is 0.465 e. The number of rotatable bonds is 4. The van der Waals surface area contributed by atoms with E-state index in [1.807, 2.05) is 6.92 Å². The summed E-state index contributed by atoms with van der Waals surface area (Å²) < 4.78 is 4.70. The van der Waals surface area contributed by atoms with Crippen LogP contribution in [0.1, 0.15) is 20.3 Å². The highest BCUT2D eigenvalue weighted by Gasteiger charge is 2.10. The van der Waals surface area contributed by atoms with Crippen molar-refractivity contribution in [2.24, 2.45) is 5.11 Å². The minimum absolute atomic E-state index is 0.379. The normalized spacial score (nSPS) is 11.5. The van der Waals surface area contributed by atoms with Gasteiger partial charge in [-0.2, -0.15) is 0 Å². The Hall–Kier alpha value is -1.22. The summed E-state index contributed by atoms with van der Waals surface area (Å²) in [5, 5.41) is 3.18. The van der Waals surface area contributed by atoms with Gasteiger partial charge in [0, 0.05) is 4.91 Å². The number of ether oxygens (including phenoxy) is 1. The van der Waals surface area contributed by atoms with Crippen LogP contribution in [0.3, 0.4) is 0 Å². The van der Waals surface area contributed by atoms with Crippen molar-refractivity contribution in [3.63, 3.8) is 0 Å². The maximum atomic E-state index is 10.8. The molecule has 0 saturated carbocycles. The van der Waals surface area contributed by atoms with Gasteiger partial charge in [-0.05, 0) is 18.9 Å². The molecule has 0 amide bonds. The molecule has 0 bridgehead atoms. The highest BCUT2D eigenvalue weighted by molar-refractivity contribution is 5.75. The molecule has 0 aromatic heterocycles. The van der Waals surface area contributed by atoms with Crippen LogP contribution in [0.15, 0.2) is 5.11 Å². The summed E-state index contributed by atoms with van der Waals surface area (Å²) in [6, 6.07) is -0.716. The lowest BCUT2D eigenvalue weighted by Gasteiger charge is -2.03. The summed E-state index contributed by atoms with van der Waals surface area (Å²) in [6.07, 6.45) is 0.773. The van der Waals surface area contributed by atoms with Crippen LogP contribution in [0, 0.1) is 0 Å². The first-order valence-corrected chi connectivity index (χ1v) is 3.43. The van der Waals surface area contributed by atoms with E-state index in [0.29, 0.717) is 6.61 Å². The van der Waals surface area contributed by atoms with E-state index >= 15 is 0 Å². The highest BCUT2D eigenvalue weighted by Crippen LogP contribution is 1.94. The van der Waals surface area contributed by atoms with Gasteiger partial charge in [0.25, 0.3) is 0 Å². The summed E-state index contributed by atoms with van der Waals surface area (Å²) in [5.41, 5.74) is 7.96. The van der Waals surface area contributed by atoms with E-state index in [2.05, 4.69) is 10.0 Å². The second-order valence-electron chi connectivity index (χ2n) is 2.05. The number of hydrogen-bond donors (Lipinski definition) is 0. The quantitative estimate of drug-likeness (QED) is 0.269. The van der Waals surface area contributed by atoms with E-state index in [4.69, 9.17) is 10.3 Å². The second kappa shape index (κ2) is 5.56. The Bertz CT molecular complexity index is 175. The molecule has 0 aliphatic rings. The lowest BCUT2D eigenvalue weighted by molar-refractivity contribution is -0.144. The molecule has 1 atom stereocenters. The molecule has 0 aromatic carbocycles. The van der Waals surface area contributed by atoms with Crippen molar-refractivity contribution in [3.05, 3.63) is 10.4 Å². The van der Waals surface area contributed by atoms with Crippen LogP contribution in [0.25, 0.3) is 10.4 Å². The van der Waals surface area contributed by atoms with Gasteiger partial charge in [0.15, 0.2) is 0 Å². The fraction of sp³-hybridized carbons (Fsp3) is 0.833. The van der Waals surface area contributed by atoms with Gasteiger partial charge >= 0.3 is 5.97 Å². The Morgan fingerprint density at radius 1 is 1.82 bits per heavy atom. The smallest absolute Gasteiger partial charge is 0.314 e. The van der Waals surface area contributed by atoms with Gasteiger partial charge in [-0.25, -0.2) is 0 Å². The van der Waals surface area contributed by atoms with E-state index < -0.39 is 12.0 Å². The van der Waals surface area contributed by atoms with Crippen molar-refractivity contribution in [2.75, 3.05) is 6.61 Å². The molecule has 0 saturated heterocycles. The maximum Gasteiger partial charge on any atom is 0.314 e. The molecule has 0 aliphatic carbocycles. The van der Waals surface area contributed by atoms with Gasteiger partial charge in [-0.15, -0.1) is 0 Å². The van der Waals surface area contributed by atoms with Crippen molar-refractivity contribution in [1.29, 1.82) is 0 Å². The molecular formula is C6H11N3O2. The van der Waals surface area contributed by atoms with E-state index in [1.165, 1.54) is 6.92 Å². The molecule has 0 heterocycles. The molecule has 5 heteroatoms. The first kappa shape index (κ1) is 9.78. The molecular weight excluding hydrogens is 146 g/mol. The van der Waals surface area contributed by atoms with Crippen molar-refractivity contribution < 1.29 is 9.53 Å². The SMILES string of the molecule is CCCOC(=O)[C@H](C)N=[N+]=[N-]. The zero-order valence-electron chi connectivity index (χ0n) is 6.65. The third-order valence-corrected chi connectivity index (χ3v) is 1.01. The Morgan fingerprint density at radius 2 is 2.45 bits per heavy atom. The fourth-order valence-corrected chi connectivity index (χ4v) is 0.448. The van der Waals surface area contributed by atoms with Gasteiger partial charge in [-0.1, -0.05) is 12.0 Å². The summed E-state index contributed by atoms with van der Waals surface area (Å²) in [6.45, 7) is 3.77. The topological polar surface area (TPSA) is 75.1 Å². The third-order valence-electron chi connectivity index (χ3n) is 1.01. The lowest BCUT2D eigenvalue weighted by Crippen LogP contribution is -2.17. The number of carbonyl (C=O) groups excluding carboxylic acids is 1.